The highest BCUT2D eigenvalue weighted by Gasteiger charge is 2.52. The SMILES string of the molecule is CCC(C)(C)OCC(C)(C)Oc1ccccc1Nc1ccc2c(c1)C1(C)CCN(CC3CC3)C(C2=O)C1C. The van der Waals surface area contributed by atoms with Crippen LogP contribution in [0.5, 0.6) is 5.75 Å². The van der Waals surface area contributed by atoms with Gasteiger partial charge in [0.15, 0.2) is 5.78 Å². The molecule has 1 aliphatic heterocycles. The standard InChI is InChI=1S/C33H46N2O3/c1-8-31(3,4)37-21-32(5,6)38-28-12-10-9-11-27(28)34-24-15-16-25-26(19-24)33(7)17-18-35(20-23-13-14-23)29(22(33)2)30(25)36/h9-12,15-16,19,22-23,29,34H,8,13-14,17-18,20-21H2,1-7H3. The van der Waals surface area contributed by atoms with Crippen molar-refractivity contribution in [3.63, 3.8) is 0 Å². The van der Waals surface area contributed by atoms with Gasteiger partial charge in [0.05, 0.1) is 23.9 Å². The van der Waals surface area contributed by atoms with E-state index in [9.17, 15) is 4.79 Å². The van der Waals surface area contributed by atoms with Gasteiger partial charge in [-0.15, -0.1) is 0 Å². The van der Waals surface area contributed by atoms with Gasteiger partial charge in [0.2, 0.25) is 0 Å². The number of fused-ring (bicyclic) bond motifs is 4. The van der Waals surface area contributed by atoms with E-state index < -0.39 is 5.60 Å². The Morgan fingerprint density at radius 2 is 1.82 bits per heavy atom. The lowest BCUT2D eigenvalue weighted by Crippen LogP contribution is -2.61. The number of para-hydroxylation sites is 2. The van der Waals surface area contributed by atoms with Crippen LogP contribution in [-0.2, 0) is 10.2 Å². The van der Waals surface area contributed by atoms with Gasteiger partial charge in [-0.3, -0.25) is 9.69 Å². The van der Waals surface area contributed by atoms with E-state index in [1.807, 2.05) is 36.4 Å². The molecule has 5 heteroatoms. The maximum absolute atomic E-state index is 13.7. The van der Waals surface area contributed by atoms with E-state index in [1.54, 1.807) is 0 Å². The van der Waals surface area contributed by atoms with Crippen molar-refractivity contribution in [2.45, 2.75) is 96.8 Å². The van der Waals surface area contributed by atoms with Gasteiger partial charge in [0.25, 0.3) is 0 Å². The van der Waals surface area contributed by atoms with Crippen molar-refractivity contribution in [2.24, 2.45) is 11.8 Å². The third-order valence-corrected chi connectivity index (χ3v) is 9.36. The first kappa shape index (κ1) is 27.2. The van der Waals surface area contributed by atoms with Crippen molar-refractivity contribution in [1.29, 1.82) is 0 Å². The van der Waals surface area contributed by atoms with Crippen LogP contribution in [0.15, 0.2) is 42.5 Å². The Balaban J connectivity index is 1.37. The lowest BCUT2D eigenvalue weighted by molar-refractivity contribution is -0.0822. The van der Waals surface area contributed by atoms with Crippen LogP contribution in [0.1, 0.15) is 90.1 Å². The van der Waals surface area contributed by atoms with E-state index in [1.165, 1.54) is 18.4 Å². The first-order valence-electron chi connectivity index (χ1n) is 14.5. The summed E-state index contributed by atoms with van der Waals surface area (Å²) in [5, 5.41) is 3.61. The number of ether oxygens (including phenoxy) is 2. The topological polar surface area (TPSA) is 50.8 Å². The van der Waals surface area contributed by atoms with Crippen molar-refractivity contribution in [3.05, 3.63) is 53.6 Å². The predicted octanol–water partition coefficient (Wildman–Crippen LogP) is 7.37. The van der Waals surface area contributed by atoms with Crippen molar-refractivity contribution in [1.82, 2.24) is 4.90 Å². The highest BCUT2D eigenvalue weighted by Crippen LogP contribution is 2.50. The Hall–Kier alpha value is -2.37. The number of hydrogen-bond donors (Lipinski definition) is 1. The first-order valence-corrected chi connectivity index (χ1v) is 14.5. The lowest BCUT2D eigenvalue weighted by Gasteiger charge is -2.53. The van der Waals surface area contributed by atoms with E-state index in [2.05, 4.69) is 64.7 Å². The number of anilines is 2. The number of piperidine rings is 1. The minimum atomic E-state index is -0.487. The van der Waals surface area contributed by atoms with Gasteiger partial charge in [0.1, 0.15) is 11.4 Å². The Morgan fingerprint density at radius 1 is 1.08 bits per heavy atom. The molecule has 3 unspecified atom stereocenters. The predicted molar refractivity (Wildman–Crippen MR) is 155 cm³/mol. The van der Waals surface area contributed by atoms with Crippen LogP contribution in [-0.4, -0.2) is 47.6 Å². The van der Waals surface area contributed by atoms with Crippen molar-refractivity contribution in [2.75, 3.05) is 25.0 Å². The molecule has 0 radical (unpaired) electrons. The maximum atomic E-state index is 13.7. The second-order valence-electron chi connectivity index (χ2n) is 13.3. The third kappa shape index (κ3) is 5.37. The fraction of sp³-hybridized carbons (Fsp3) is 0.606. The molecule has 2 bridgehead atoms. The molecule has 2 aliphatic carbocycles. The van der Waals surface area contributed by atoms with Crippen LogP contribution in [0, 0.1) is 11.8 Å². The number of carbonyl (C=O) groups is 1. The van der Waals surface area contributed by atoms with Gasteiger partial charge in [-0.25, -0.2) is 0 Å². The summed E-state index contributed by atoms with van der Waals surface area (Å²) in [5.74, 6) is 2.19. The highest BCUT2D eigenvalue weighted by molar-refractivity contribution is 6.04. The summed E-state index contributed by atoms with van der Waals surface area (Å²) in [7, 11) is 0. The van der Waals surface area contributed by atoms with E-state index in [-0.39, 0.29) is 17.1 Å². The summed E-state index contributed by atoms with van der Waals surface area (Å²) in [6, 6.07) is 14.4. The molecule has 5 nitrogen and oxygen atoms in total. The number of likely N-dealkylation sites (tertiary alicyclic amines) is 1. The molecular weight excluding hydrogens is 472 g/mol. The minimum Gasteiger partial charge on any atom is -0.483 e. The van der Waals surface area contributed by atoms with Crippen molar-refractivity contribution >= 4 is 17.2 Å². The van der Waals surface area contributed by atoms with Gasteiger partial charge in [-0.2, -0.15) is 0 Å². The number of ketones is 1. The number of rotatable bonds is 10. The molecule has 2 aromatic carbocycles. The molecule has 1 N–H and O–H groups in total. The van der Waals surface area contributed by atoms with E-state index in [4.69, 9.17) is 9.47 Å². The molecule has 1 heterocycles. The fourth-order valence-corrected chi connectivity index (χ4v) is 6.10. The Morgan fingerprint density at radius 3 is 2.53 bits per heavy atom. The second kappa shape index (κ2) is 9.98. The average molecular weight is 519 g/mol. The number of nitrogens with one attached hydrogen (secondary N) is 1. The summed E-state index contributed by atoms with van der Waals surface area (Å²) in [6.45, 7) is 17.7. The Labute approximate surface area is 229 Å². The minimum absolute atomic E-state index is 0.00687. The summed E-state index contributed by atoms with van der Waals surface area (Å²) in [4.78, 5) is 16.2. The molecule has 2 fully saturated rings. The number of hydrogen-bond acceptors (Lipinski definition) is 5. The Kier molecular flexibility index (Phi) is 7.15. The number of benzene rings is 2. The van der Waals surface area contributed by atoms with Gasteiger partial charge < -0.3 is 14.8 Å². The zero-order chi connectivity index (χ0) is 27.3. The Bertz CT molecular complexity index is 1180. The molecule has 5 rings (SSSR count). The molecule has 0 spiro atoms. The largest absolute Gasteiger partial charge is 0.483 e. The molecule has 0 amide bonds. The summed E-state index contributed by atoms with van der Waals surface area (Å²) in [5.41, 5.74) is 3.32. The molecule has 1 saturated carbocycles. The van der Waals surface area contributed by atoms with Crippen molar-refractivity contribution < 1.29 is 14.3 Å². The van der Waals surface area contributed by atoms with Crippen LogP contribution in [0.25, 0.3) is 0 Å². The van der Waals surface area contributed by atoms with Gasteiger partial charge >= 0.3 is 0 Å². The van der Waals surface area contributed by atoms with Crippen LogP contribution in [0.2, 0.25) is 0 Å². The molecule has 3 aliphatic rings. The molecule has 38 heavy (non-hydrogen) atoms. The van der Waals surface area contributed by atoms with Crippen LogP contribution < -0.4 is 10.1 Å². The van der Waals surface area contributed by atoms with E-state index >= 15 is 0 Å². The van der Waals surface area contributed by atoms with Gasteiger partial charge in [-0.1, -0.05) is 32.9 Å². The number of nitrogens with zero attached hydrogens (tertiary/aromatic N) is 1. The average Bonchev–Trinajstić information content (AvgIpc) is 3.70. The van der Waals surface area contributed by atoms with E-state index in [0.717, 1.165) is 54.5 Å². The smallest absolute Gasteiger partial charge is 0.180 e. The summed E-state index contributed by atoms with van der Waals surface area (Å²) in [6.07, 6.45) is 4.67. The number of carbonyl (C=O) groups excluding carboxylic acids is 1. The normalized spacial score (nSPS) is 25.7. The monoisotopic (exact) mass is 518 g/mol. The summed E-state index contributed by atoms with van der Waals surface area (Å²) >= 11 is 0. The van der Waals surface area contributed by atoms with Gasteiger partial charge in [-0.05, 0) is 113 Å². The van der Waals surface area contributed by atoms with Crippen molar-refractivity contribution in [3.8, 4) is 5.75 Å². The zero-order valence-electron chi connectivity index (χ0n) is 24.4. The third-order valence-electron chi connectivity index (χ3n) is 9.36. The van der Waals surface area contributed by atoms with Crippen LogP contribution >= 0.6 is 0 Å². The lowest BCUT2D eigenvalue weighted by atomic mass is 9.58. The van der Waals surface area contributed by atoms with Crippen LogP contribution in [0.3, 0.4) is 0 Å². The maximum Gasteiger partial charge on any atom is 0.180 e. The quantitative estimate of drug-likeness (QED) is 0.356. The first-order chi connectivity index (χ1) is 17.9. The zero-order valence-corrected chi connectivity index (χ0v) is 24.4. The molecule has 0 aromatic heterocycles. The molecule has 206 valence electrons. The second-order valence-corrected chi connectivity index (χ2v) is 13.3. The molecule has 1 saturated heterocycles. The molecule has 3 atom stereocenters. The molecular formula is C33H46N2O3. The fourth-order valence-electron chi connectivity index (χ4n) is 6.10. The van der Waals surface area contributed by atoms with Gasteiger partial charge in [0, 0.05) is 17.8 Å². The van der Waals surface area contributed by atoms with E-state index in [0.29, 0.717) is 18.3 Å². The number of Topliss-reactive ketones (excluding diaryl/α,β-unsaturated/α-hetero) is 1. The highest BCUT2D eigenvalue weighted by atomic mass is 16.6. The molecule has 2 aromatic rings. The van der Waals surface area contributed by atoms with Crippen LogP contribution in [0.4, 0.5) is 11.4 Å². The summed E-state index contributed by atoms with van der Waals surface area (Å²) < 4.78 is 12.6.